The second-order valence-corrected chi connectivity index (χ2v) is 4.80. The number of unbranched alkanes of at least 4 members (excludes halogenated alkanes) is 1. The number of hydrogen-bond acceptors (Lipinski definition) is 5. The molecule has 6 heteroatoms. The van der Waals surface area contributed by atoms with Crippen molar-refractivity contribution >= 4 is 28.7 Å². The Morgan fingerprint density at radius 2 is 2.24 bits per heavy atom. The molecule has 5 nitrogen and oxygen atoms in total. The minimum absolute atomic E-state index is 0.670. The normalized spacial score (nSPS) is 10.9. The molecule has 0 fully saturated rings. The van der Waals surface area contributed by atoms with Gasteiger partial charge in [-0.15, -0.1) is 11.8 Å². The number of rotatable bonds is 6. The van der Waals surface area contributed by atoms with E-state index in [2.05, 4.69) is 32.4 Å². The molecular weight excluding hydrogens is 234 g/mol. The number of hydrogen-bond donors (Lipinski definition) is 2. The van der Waals surface area contributed by atoms with Crippen molar-refractivity contribution in [2.45, 2.75) is 31.7 Å². The van der Waals surface area contributed by atoms with Crippen molar-refractivity contribution < 1.29 is 0 Å². The van der Waals surface area contributed by atoms with Crippen LogP contribution < -0.4 is 5.32 Å². The van der Waals surface area contributed by atoms with E-state index < -0.39 is 0 Å². The Balaban J connectivity index is 2.26. The van der Waals surface area contributed by atoms with Gasteiger partial charge < -0.3 is 5.32 Å². The maximum Gasteiger partial charge on any atom is 0.225 e. The van der Waals surface area contributed by atoms with Gasteiger partial charge in [0.1, 0.15) is 5.03 Å². The van der Waals surface area contributed by atoms with E-state index in [9.17, 15) is 0 Å². The van der Waals surface area contributed by atoms with E-state index in [1.807, 2.05) is 6.92 Å². The first-order valence-electron chi connectivity index (χ1n) is 5.93. The smallest absolute Gasteiger partial charge is 0.225 e. The Morgan fingerprint density at radius 3 is 3.00 bits per heavy atom. The molecule has 92 valence electrons. The van der Waals surface area contributed by atoms with Crippen LogP contribution in [-0.4, -0.2) is 32.5 Å². The number of H-pyrrole nitrogens is 1. The van der Waals surface area contributed by atoms with Crippen molar-refractivity contribution in [3.05, 3.63) is 6.20 Å². The lowest BCUT2D eigenvalue weighted by Crippen LogP contribution is -2.03. The van der Waals surface area contributed by atoms with Crippen LogP contribution in [0, 0.1) is 0 Å². The molecule has 0 aliphatic carbocycles. The van der Waals surface area contributed by atoms with E-state index in [1.165, 1.54) is 12.8 Å². The summed E-state index contributed by atoms with van der Waals surface area (Å²) in [6.07, 6.45) is 4.19. The summed E-state index contributed by atoms with van der Waals surface area (Å²) in [5.74, 6) is 1.75. The molecule has 2 N–H and O–H groups in total. The molecule has 2 aromatic heterocycles. The minimum atomic E-state index is 0.670. The number of aromatic nitrogens is 4. The molecule has 0 aromatic carbocycles. The highest BCUT2D eigenvalue weighted by Crippen LogP contribution is 2.25. The van der Waals surface area contributed by atoms with Gasteiger partial charge in [0.2, 0.25) is 5.95 Å². The Bertz CT molecular complexity index is 482. The Morgan fingerprint density at radius 1 is 1.35 bits per heavy atom. The van der Waals surface area contributed by atoms with Gasteiger partial charge in [-0.25, -0.2) is 4.98 Å². The minimum Gasteiger partial charge on any atom is -0.354 e. The first kappa shape index (κ1) is 12.2. The first-order chi connectivity index (χ1) is 8.35. The van der Waals surface area contributed by atoms with Crippen molar-refractivity contribution in [1.29, 1.82) is 0 Å². The van der Waals surface area contributed by atoms with E-state index in [4.69, 9.17) is 0 Å². The van der Waals surface area contributed by atoms with Gasteiger partial charge in [-0.2, -0.15) is 10.1 Å². The highest BCUT2D eigenvalue weighted by Gasteiger charge is 2.09. The topological polar surface area (TPSA) is 66.5 Å². The lowest BCUT2D eigenvalue weighted by atomic mass is 10.4. The lowest BCUT2D eigenvalue weighted by Gasteiger charge is -2.05. The molecule has 2 rings (SSSR count). The fraction of sp³-hybridized carbons (Fsp3) is 0.545. The van der Waals surface area contributed by atoms with E-state index in [0.29, 0.717) is 5.95 Å². The molecule has 0 aliphatic heterocycles. The van der Waals surface area contributed by atoms with Crippen LogP contribution in [-0.2, 0) is 0 Å². The lowest BCUT2D eigenvalue weighted by molar-refractivity contribution is 0.894. The summed E-state index contributed by atoms with van der Waals surface area (Å²) in [4.78, 5) is 8.88. The molecule has 0 spiro atoms. The van der Waals surface area contributed by atoms with Gasteiger partial charge in [0, 0.05) is 6.54 Å². The van der Waals surface area contributed by atoms with Crippen LogP contribution in [0.4, 0.5) is 5.95 Å². The number of anilines is 1. The van der Waals surface area contributed by atoms with Gasteiger partial charge >= 0.3 is 0 Å². The Labute approximate surface area is 105 Å². The molecular formula is C11H17N5S. The standard InChI is InChI=1S/C11H17N5S/c1-3-5-6-17-10-8-7-13-16-9(8)14-11(15-10)12-4-2/h7H,3-6H2,1-2H3,(H2,12,13,14,15,16). The molecule has 0 aliphatic rings. The molecule has 0 unspecified atom stereocenters. The molecule has 0 amide bonds. The number of aromatic amines is 1. The van der Waals surface area contributed by atoms with Crippen LogP contribution in [0.1, 0.15) is 26.7 Å². The summed E-state index contributed by atoms with van der Waals surface area (Å²) in [5, 5.41) is 12.1. The zero-order chi connectivity index (χ0) is 12.1. The average molecular weight is 251 g/mol. The molecule has 0 bridgehead atoms. The third kappa shape index (κ3) is 2.88. The Kier molecular flexibility index (Phi) is 4.19. The van der Waals surface area contributed by atoms with Crippen LogP contribution in [0.25, 0.3) is 11.0 Å². The molecule has 0 atom stereocenters. The second kappa shape index (κ2) is 5.86. The predicted octanol–water partition coefficient (Wildman–Crippen LogP) is 2.68. The van der Waals surface area contributed by atoms with Crippen molar-refractivity contribution in [2.24, 2.45) is 0 Å². The highest BCUT2D eigenvalue weighted by atomic mass is 32.2. The van der Waals surface area contributed by atoms with Gasteiger partial charge in [0.15, 0.2) is 5.65 Å². The van der Waals surface area contributed by atoms with Crippen molar-refractivity contribution in [1.82, 2.24) is 20.2 Å². The summed E-state index contributed by atoms with van der Waals surface area (Å²) in [7, 11) is 0. The molecule has 2 aromatic rings. The van der Waals surface area contributed by atoms with E-state index in [1.54, 1.807) is 18.0 Å². The van der Waals surface area contributed by atoms with Crippen LogP contribution >= 0.6 is 11.8 Å². The van der Waals surface area contributed by atoms with Crippen LogP contribution in [0.15, 0.2) is 11.2 Å². The molecule has 0 radical (unpaired) electrons. The quantitative estimate of drug-likeness (QED) is 0.469. The number of nitrogens with zero attached hydrogens (tertiary/aromatic N) is 3. The number of fused-ring (bicyclic) bond motifs is 1. The van der Waals surface area contributed by atoms with Crippen molar-refractivity contribution in [2.75, 3.05) is 17.6 Å². The van der Waals surface area contributed by atoms with E-state index in [0.717, 1.165) is 28.4 Å². The number of nitrogens with one attached hydrogen (secondary N) is 2. The van der Waals surface area contributed by atoms with Crippen molar-refractivity contribution in [3.63, 3.8) is 0 Å². The molecule has 2 heterocycles. The average Bonchev–Trinajstić information content (AvgIpc) is 2.78. The van der Waals surface area contributed by atoms with Gasteiger partial charge in [0.05, 0.1) is 11.6 Å². The maximum absolute atomic E-state index is 4.52. The van der Waals surface area contributed by atoms with Crippen molar-refractivity contribution in [3.8, 4) is 0 Å². The van der Waals surface area contributed by atoms with Crippen LogP contribution in [0.2, 0.25) is 0 Å². The van der Waals surface area contributed by atoms with E-state index in [-0.39, 0.29) is 0 Å². The zero-order valence-electron chi connectivity index (χ0n) is 10.2. The summed E-state index contributed by atoms with van der Waals surface area (Å²) >= 11 is 1.77. The summed E-state index contributed by atoms with van der Waals surface area (Å²) in [6, 6.07) is 0. The fourth-order valence-corrected chi connectivity index (χ4v) is 2.55. The van der Waals surface area contributed by atoms with Crippen LogP contribution in [0.5, 0.6) is 0 Å². The third-order valence-corrected chi connectivity index (χ3v) is 3.42. The van der Waals surface area contributed by atoms with Gasteiger partial charge in [-0.3, -0.25) is 5.10 Å². The summed E-state index contributed by atoms with van der Waals surface area (Å²) in [5.41, 5.74) is 0.801. The number of thioether (sulfide) groups is 1. The SMILES string of the molecule is CCCCSc1nc(NCC)nc2[nH]ncc12. The Hall–Kier alpha value is -1.30. The summed E-state index contributed by atoms with van der Waals surface area (Å²) in [6.45, 7) is 5.04. The highest BCUT2D eigenvalue weighted by molar-refractivity contribution is 7.99. The van der Waals surface area contributed by atoms with E-state index >= 15 is 0 Å². The maximum atomic E-state index is 4.52. The second-order valence-electron chi connectivity index (χ2n) is 3.72. The largest absolute Gasteiger partial charge is 0.354 e. The zero-order valence-corrected chi connectivity index (χ0v) is 11.0. The first-order valence-corrected chi connectivity index (χ1v) is 6.91. The van der Waals surface area contributed by atoms with Gasteiger partial charge in [0.25, 0.3) is 0 Å². The molecule has 0 saturated heterocycles. The fourth-order valence-electron chi connectivity index (χ4n) is 1.47. The molecule has 0 saturated carbocycles. The summed E-state index contributed by atoms with van der Waals surface area (Å²) < 4.78 is 0. The third-order valence-electron chi connectivity index (χ3n) is 2.35. The predicted molar refractivity (Wildman–Crippen MR) is 71.5 cm³/mol. The monoisotopic (exact) mass is 251 g/mol. The molecule has 17 heavy (non-hydrogen) atoms. The van der Waals surface area contributed by atoms with Gasteiger partial charge in [-0.05, 0) is 19.1 Å². The van der Waals surface area contributed by atoms with Crippen LogP contribution in [0.3, 0.4) is 0 Å². The van der Waals surface area contributed by atoms with Gasteiger partial charge in [-0.1, -0.05) is 13.3 Å².